The topological polar surface area (TPSA) is 46.3 Å². The van der Waals surface area contributed by atoms with Crippen molar-refractivity contribution < 1.29 is 4.79 Å². The lowest BCUT2D eigenvalue weighted by Gasteiger charge is -2.17. The summed E-state index contributed by atoms with van der Waals surface area (Å²) in [6.07, 6.45) is 0. The lowest BCUT2D eigenvalue weighted by molar-refractivity contribution is 0.0791. The van der Waals surface area contributed by atoms with Crippen LogP contribution in [0, 0.1) is 0 Å². The third-order valence-electron chi connectivity index (χ3n) is 2.55. The van der Waals surface area contributed by atoms with Gasteiger partial charge in [-0.25, -0.2) is 0 Å². The van der Waals surface area contributed by atoms with Gasteiger partial charge in [-0.1, -0.05) is 23.7 Å². The summed E-state index contributed by atoms with van der Waals surface area (Å²) in [6.45, 7) is 0.511. The Morgan fingerprint density at radius 1 is 1.44 bits per heavy atom. The second kappa shape index (κ2) is 5.42. The van der Waals surface area contributed by atoms with E-state index in [0.717, 1.165) is 5.56 Å². The summed E-state index contributed by atoms with van der Waals surface area (Å²) in [6, 6.07) is 9.21. The van der Waals surface area contributed by atoms with Crippen molar-refractivity contribution in [2.75, 3.05) is 12.8 Å². The Labute approximate surface area is 115 Å². The number of halogens is 1. The molecule has 1 aromatic carbocycles. The average Bonchev–Trinajstić information content (AvgIpc) is 2.74. The lowest BCUT2D eigenvalue weighted by Crippen LogP contribution is -2.26. The second-order valence-corrected chi connectivity index (χ2v) is 5.35. The van der Waals surface area contributed by atoms with E-state index in [9.17, 15) is 4.79 Å². The zero-order valence-electron chi connectivity index (χ0n) is 9.89. The van der Waals surface area contributed by atoms with Gasteiger partial charge < -0.3 is 10.6 Å². The Balaban J connectivity index is 2.11. The third-order valence-corrected chi connectivity index (χ3v) is 3.70. The van der Waals surface area contributed by atoms with Gasteiger partial charge in [-0.3, -0.25) is 4.79 Å². The Morgan fingerprint density at radius 2 is 2.22 bits per heavy atom. The smallest absolute Gasteiger partial charge is 0.266 e. The van der Waals surface area contributed by atoms with Crippen LogP contribution in [0.15, 0.2) is 35.7 Å². The molecule has 0 atom stereocenters. The zero-order chi connectivity index (χ0) is 13.1. The zero-order valence-corrected chi connectivity index (χ0v) is 11.5. The van der Waals surface area contributed by atoms with E-state index < -0.39 is 0 Å². The fraction of sp³-hybridized carbons (Fsp3) is 0.154. The first-order valence-corrected chi connectivity index (χ1v) is 6.66. The van der Waals surface area contributed by atoms with Crippen molar-refractivity contribution in [2.24, 2.45) is 0 Å². The highest BCUT2D eigenvalue weighted by molar-refractivity contribution is 7.12. The summed E-state index contributed by atoms with van der Waals surface area (Å²) in [7, 11) is 1.75. The summed E-state index contributed by atoms with van der Waals surface area (Å²) in [5.41, 5.74) is 7.26. The van der Waals surface area contributed by atoms with Crippen LogP contribution in [0.4, 0.5) is 5.69 Å². The molecule has 1 amide bonds. The Morgan fingerprint density at radius 3 is 2.83 bits per heavy atom. The van der Waals surface area contributed by atoms with Gasteiger partial charge in [-0.05, 0) is 29.1 Å². The highest BCUT2D eigenvalue weighted by atomic mass is 35.5. The van der Waals surface area contributed by atoms with Crippen molar-refractivity contribution in [3.63, 3.8) is 0 Å². The number of nitrogens with zero attached hydrogens (tertiary/aromatic N) is 1. The van der Waals surface area contributed by atoms with Gasteiger partial charge in [0.1, 0.15) is 4.88 Å². The molecule has 2 rings (SSSR count). The van der Waals surface area contributed by atoms with Gasteiger partial charge in [0.25, 0.3) is 5.91 Å². The van der Waals surface area contributed by atoms with Crippen molar-refractivity contribution in [1.82, 2.24) is 4.90 Å². The summed E-state index contributed by atoms with van der Waals surface area (Å²) < 4.78 is 0. The van der Waals surface area contributed by atoms with Crippen molar-refractivity contribution in [2.45, 2.75) is 6.54 Å². The molecule has 1 heterocycles. The van der Waals surface area contributed by atoms with Gasteiger partial charge in [-0.2, -0.15) is 0 Å². The van der Waals surface area contributed by atoms with Crippen LogP contribution < -0.4 is 5.73 Å². The molecule has 0 saturated carbocycles. The maximum absolute atomic E-state index is 12.1. The summed E-state index contributed by atoms with van der Waals surface area (Å²) >= 11 is 7.27. The standard InChI is InChI=1S/C13H13ClN2OS/c1-16(8-9-3-2-4-10(14)7-9)13(17)12-11(15)5-6-18-12/h2-7H,8,15H2,1H3. The molecule has 0 radical (unpaired) electrons. The van der Waals surface area contributed by atoms with E-state index in [2.05, 4.69) is 0 Å². The number of hydrogen-bond donors (Lipinski definition) is 1. The molecule has 2 aromatic rings. The van der Waals surface area contributed by atoms with Crippen LogP contribution in [0.1, 0.15) is 15.2 Å². The fourth-order valence-corrected chi connectivity index (χ4v) is 2.67. The second-order valence-electron chi connectivity index (χ2n) is 4.00. The van der Waals surface area contributed by atoms with Gasteiger partial charge in [0, 0.05) is 18.6 Å². The molecule has 94 valence electrons. The normalized spacial score (nSPS) is 10.3. The molecule has 3 nitrogen and oxygen atoms in total. The monoisotopic (exact) mass is 280 g/mol. The van der Waals surface area contributed by atoms with Crippen LogP contribution >= 0.6 is 22.9 Å². The predicted octanol–water partition coefficient (Wildman–Crippen LogP) is 3.26. The maximum atomic E-state index is 12.1. The van der Waals surface area contributed by atoms with Crippen LogP contribution in [0.2, 0.25) is 5.02 Å². The minimum absolute atomic E-state index is 0.0672. The molecular weight excluding hydrogens is 268 g/mol. The van der Waals surface area contributed by atoms with E-state index in [1.54, 1.807) is 18.0 Å². The third kappa shape index (κ3) is 2.83. The number of thiophene rings is 1. The van der Waals surface area contributed by atoms with E-state index in [1.807, 2.05) is 29.6 Å². The molecule has 0 unspecified atom stereocenters. The number of carbonyl (C=O) groups is 1. The van der Waals surface area contributed by atoms with Crippen molar-refractivity contribution in [1.29, 1.82) is 0 Å². The molecule has 0 aliphatic rings. The fourth-order valence-electron chi connectivity index (χ4n) is 1.65. The van der Waals surface area contributed by atoms with Crippen LogP contribution in [0.3, 0.4) is 0 Å². The Bertz CT molecular complexity index is 568. The number of amides is 1. The van der Waals surface area contributed by atoms with Gasteiger partial charge in [-0.15, -0.1) is 11.3 Å². The van der Waals surface area contributed by atoms with Crippen LogP contribution in [-0.4, -0.2) is 17.9 Å². The highest BCUT2D eigenvalue weighted by Gasteiger charge is 2.16. The number of carbonyl (C=O) groups excluding carboxylic acids is 1. The molecule has 0 aliphatic carbocycles. The molecule has 5 heteroatoms. The molecule has 0 saturated heterocycles. The van der Waals surface area contributed by atoms with Crippen LogP contribution in [0.25, 0.3) is 0 Å². The maximum Gasteiger partial charge on any atom is 0.266 e. The largest absolute Gasteiger partial charge is 0.397 e. The quantitative estimate of drug-likeness (QED) is 0.938. The van der Waals surface area contributed by atoms with Crippen molar-refractivity contribution >= 4 is 34.5 Å². The molecule has 0 spiro atoms. The van der Waals surface area contributed by atoms with Gasteiger partial charge >= 0.3 is 0 Å². The van der Waals surface area contributed by atoms with Crippen LogP contribution in [0.5, 0.6) is 0 Å². The molecule has 0 fully saturated rings. The summed E-state index contributed by atoms with van der Waals surface area (Å²) in [5, 5.41) is 2.49. The number of hydrogen-bond acceptors (Lipinski definition) is 3. The van der Waals surface area contributed by atoms with Gasteiger partial charge in [0.2, 0.25) is 0 Å². The van der Waals surface area contributed by atoms with Gasteiger partial charge in [0.05, 0.1) is 5.69 Å². The predicted molar refractivity (Wildman–Crippen MR) is 76.0 cm³/mol. The summed E-state index contributed by atoms with van der Waals surface area (Å²) in [5.74, 6) is -0.0672. The van der Waals surface area contributed by atoms with E-state index in [0.29, 0.717) is 22.1 Å². The first-order valence-electron chi connectivity index (χ1n) is 5.41. The average molecular weight is 281 g/mol. The van der Waals surface area contributed by atoms with Crippen molar-refractivity contribution in [3.05, 3.63) is 51.2 Å². The Kier molecular flexibility index (Phi) is 3.89. The SMILES string of the molecule is CN(Cc1cccc(Cl)c1)C(=O)c1sccc1N. The minimum Gasteiger partial charge on any atom is -0.397 e. The first kappa shape index (κ1) is 12.9. The highest BCUT2D eigenvalue weighted by Crippen LogP contribution is 2.21. The number of nitrogens with two attached hydrogens (primary N) is 1. The van der Waals surface area contributed by atoms with E-state index in [1.165, 1.54) is 11.3 Å². The number of rotatable bonds is 3. The Hall–Kier alpha value is -1.52. The van der Waals surface area contributed by atoms with E-state index in [-0.39, 0.29) is 5.91 Å². The lowest BCUT2D eigenvalue weighted by atomic mass is 10.2. The van der Waals surface area contributed by atoms with Crippen molar-refractivity contribution in [3.8, 4) is 0 Å². The first-order chi connectivity index (χ1) is 8.58. The molecule has 0 aliphatic heterocycles. The molecule has 18 heavy (non-hydrogen) atoms. The minimum atomic E-state index is -0.0672. The number of nitrogen functional groups attached to an aromatic ring is 1. The number of benzene rings is 1. The molecule has 2 N–H and O–H groups in total. The van der Waals surface area contributed by atoms with E-state index in [4.69, 9.17) is 17.3 Å². The van der Waals surface area contributed by atoms with Crippen LogP contribution in [-0.2, 0) is 6.54 Å². The molecule has 0 bridgehead atoms. The van der Waals surface area contributed by atoms with E-state index >= 15 is 0 Å². The molecular formula is C13H13ClN2OS. The summed E-state index contributed by atoms with van der Waals surface area (Å²) in [4.78, 5) is 14.4. The molecule has 1 aromatic heterocycles. The van der Waals surface area contributed by atoms with Gasteiger partial charge in [0.15, 0.2) is 0 Å². The number of anilines is 1.